The van der Waals surface area contributed by atoms with Crippen molar-refractivity contribution < 1.29 is 14.6 Å². The standard InChI is InChI=1S/C18H23N3O3/c1-21-12-14(11-19-21)18(13-9-15(22)10-13)20-17(23)7-8-24-16-5-3-2-4-6-16/h2-6,11-13,15,18,22H,7-10H2,1H3,(H,20,23). The minimum Gasteiger partial charge on any atom is -0.493 e. The van der Waals surface area contributed by atoms with Gasteiger partial charge in [-0.3, -0.25) is 9.48 Å². The van der Waals surface area contributed by atoms with Gasteiger partial charge in [0.05, 0.1) is 31.4 Å². The van der Waals surface area contributed by atoms with E-state index in [1.807, 2.05) is 43.6 Å². The molecule has 1 amide bonds. The molecule has 1 aromatic carbocycles. The summed E-state index contributed by atoms with van der Waals surface area (Å²) in [7, 11) is 1.85. The fraction of sp³-hybridized carbons (Fsp3) is 0.444. The molecule has 128 valence electrons. The first-order chi connectivity index (χ1) is 11.6. The van der Waals surface area contributed by atoms with Gasteiger partial charge in [-0.15, -0.1) is 0 Å². The molecule has 2 aromatic rings. The molecular formula is C18H23N3O3. The Kier molecular flexibility index (Phi) is 5.15. The van der Waals surface area contributed by atoms with E-state index in [0.717, 1.165) is 11.3 Å². The van der Waals surface area contributed by atoms with Crippen molar-refractivity contribution >= 4 is 5.91 Å². The first kappa shape index (κ1) is 16.5. The monoisotopic (exact) mass is 329 g/mol. The Morgan fingerprint density at radius 3 is 2.79 bits per heavy atom. The number of nitrogens with zero attached hydrogens (tertiary/aromatic N) is 2. The number of para-hydroxylation sites is 1. The number of aromatic nitrogens is 2. The van der Waals surface area contributed by atoms with Crippen molar-refractivity contribution in [3.63, 3.8) is 0 Å². The van der Waals surface area contributed by atoms with Crippen molar-refractivity contribution in [2.75, 3.05) is 6.61 Å². The number of carbonyl (C=O) groups is 1. The van der Waals surface area contributed by atoms with E-state index in [4.69, 9.17) is 4.74 Å². The molecule has 0 saturated heterocycles. The molecule has 0 bridgehead atoms. The van der Waals surface area contributed by atoms with Crippen molar-refractivity contribution in [1.29, 1.82) is 0 Å². The van der Waals surface area contributed by atoms with Gasteiger partial charge in [0.15, 0.2) is 0 Å². The molecule has 1 heterocycles. The maximum atomic E-state index is 12.3. The van der Waals surface area contributed by atoms with Crippen LogP contribution in [-0.4, -0.2) is 33.5 Å². The minimum atomic E-state index is -0.257. The quantitative estimate of drug-likeness (QED) is 0.812. The highest BCUT2D eigenvalue weighted by molar-refractivity contribution is 5.76. The second-order valence-electron chi connectivity index (χ2n) is 6.29. The number of hydrogen-bond acceptors (Lipinski definition) is 4. The third kappa shape index (κ3) is 4.14. The maximum absolute atomic E-state index is 12.3. The molecule has 24 heavy (non-hydrogen) atoms. The first-order valence-corrected chi connectivity index (χ1v) is 8.25. The molecule has 1 fully saturated rings. The van der Waals surface area contributed by atoms with Gasteiger partial charge in [-0.05, 0) is 30.9 Å². The van der Waals surface area contributed by atoms with E-state index in [0.29, 0.717) is 25.9 Å². The molecule has 0 aliphatic heterocycles. The minimum absolute atomic E-state index is 0.0545. The predicted octanol–water partition coefficient (Wildman–Crippen LogP) is 1.82. The number of rotatable bonds is 7. The summed E-state index contributed by atoms with van der Waals surface area (Å²) in [6.07, 6.45) is 5.14. The molecule has 1 aromatic heterocycles. The number of hydrogen-bond donors (Lipinski definition) is 2. The molecule has 6 heteroatoms. The van der Waals surface area contributed by atoms with Crippen LogP contribution in [0.1, 0.15) is 30.9 Å². The van der Waals surface area contributed by atoms with E-state index in [2.05, 4.69) is 10.4 Å². The lowest BCUT2D eigenvalue weighted by Gasteiger charge is -2.37. The van der Waals surface area contributed by atoms with Gasteiger partial charge in [-0.2, -0.15) is 5.10 Å². The summed E-state index contributed by atoms with van der Waals surface area (Å²) < 4.78 is 7.29. The summed E-state index contributed by atoms with van der Waals surface area (Å²) >= 11 is 0. The van der Waals surface area contributed by atoms with Gasteiger partial charge in [-0.1, -0.05) is 18.2 Å². The molecule has 1 aliphatic carbocycles. The zero-order valence-electron chi connectivity index (χ0n) is 13.8. The van der Waals surface area contributed by atoms with Crippen LogP contribution in [0, 0.1) is 5.92 Å². The lowest BCUT2D eigenvalue weighted by molar-refractivity contribution is -0.123. The van der Waals surface area contributed by atoms with Gasteiger partial charge in [0.2, 0.25) is 5.91 Å². The molecule has 1 saturated carbocycles. The number of aliphatic hydroxyl groups excluding tert-OH is 1. The highest BCUT2D eigenvalue weighted by atomic mass is 16.5. The fourth-order valence-electron chi connectivity index (χ4n) is 3.00. The van der Waals surface area contributed by atoms with Gasteiger partial charge >= 0.3 is 0 Å². The second kappa shape index (κ2) is 7.49. The first-order valence-electron chi connectivity index (χ1n) is 8.25. The molecule has 2 N–H and O–H groups in total. The number of nitrogens with one attached hydrogen (secondary N) is 1. The summed E-state index contributed by atoms with van der Waals surface area (Å²) in [5, 5.41) is 16.8. The highest BCUT2D eigenvalue weighted by Crippen LogP contribution is 2.37. The Hall–Kier alpha value is -2.34. The van der Waals surface area contributed by atoms with Crippen LogP contribution >= 0.6 is 0 Å². The Labute approximate surface area is 141 Å². The van der Waals surface area contributed by atoms with E-state index in [9.17, 15) is 9.90 Å². The van der Waals surface area contributed by atoms with Crippen LogP contribution in [0.15, 0.2) is 42.7 Å². The van der Waals surface area contributed by atoms with Crippen LogP contribution in [0.5, 0.6) is 5.75 Å². The summed E-state index contributed by atoms with van der Waals surface area (Å²) in [6.45, 7) is 0.336. The van der Waals surface area contributed by atoms with Crippen LogP contribution in [0.4, 0.5) is 0 Å². The van der Waals surface area contributed by atoms with Gasteiger partial charge in [0.1, 0.15) is 5.75 Å². The van der Waals surface area contributed by atoms with Crippen molar-refractivity contribution in [2.24, 2.45) is 13.0 Å². The summed E-state index contributed by atoms with van der Waals surface area (Å²) in [6, 6.07) is 9.35. The number of aliphatic hydroxyl groups is 1. The Balaban J connectivity index is 1.53. The van der Waals surface area contributed by atoms with E-state index < -0.39 is 0 Å². The molecule has 0 radical (unpaired) electrons. The number of amides is 1. The molecular weight excluding hydrogens is 306 g/mol. The second-order valence-corrected chi connectivity index (χ2v) is 6.29. The average Bonchev–Trinajstić information content (AvgIpc) is 2.97. The molecule has 1 unspecified atom stereocenters. The summed E-state index contributed by atoms with van der Waals surface area (Å²) in [4.78, 5) is 12.3. The molecule has 6 nitrogen and oxygen atoms in total. The third-order valence-electron chi connectivity index (χ3n) is 4.36. The van der Waals surface area contributed by atoms with Crippen LogP contribution in [0.25, 0.3) is 0 Å². The van der Waals surface area contributed by atoms with Gasteiger partial charge < -0.3 is 15.2 Å². The lowest BCUT2D eigenvalue weighted by atomic mass is 9.75. The van der Waals surface area contributed by atoms with Crippen LogP contribution < -0.4 is 10.1 Å². The zero-order chi connectivity index (χ0) is 16.9. The van der Waals surface area contributed by atoms with Crippen molar-refractivity contribution in [2.45, 2.75) is 31.4 Å². The van der Waals surface area contributed by atoms with Crippen molar-refractivity contribution in [3.8, 4) is 5.75 Å². The number of aryl methyl sites for hydroxylation is 1. The topological polar surface area (TPSA) is 76.4 Å². The molecule has 3 rings (SSSR count). The molecule has 1 aliphatic rings. The van der Waals surface area contributed by atoms with Gasteiger partial charge in [0, 0.05) is 18.8 Å². The van der Waals surface area contributed by atoms with Crippen LogP contribution in [0.3, 0.4) is 0 Å². The van der Waals surface area contributed by atoms with E-state index in [1.54, 1.807) is 10.9 Å². The predicted molar refractivity (Wildman–Crippen MR) is 89.4 cm³/mol. The molecule has 0 spiro atoms. The van der Waals surface area contributed by atoms with E-state index >= 15 is 0 Å². The lowest BCUT2D eigenvalue weighted by Crippen LogP contribution is -2.41. The summed E-state index contributed by atoms with van der Waals surface area (Å²) in [5.41, 5.74) is 0.978. The van der Waals surface area contributed by atoms with Crippen molar-refractivity contribution in [3.05, 3.63) is 48.3 Å². The number of carbonyl (C=O) groups excluding carboxylic acids is 1. The third-order valence-corrected chi connectivity index (χ3v) is 4.36. The smallest absolute Gasteiger partial charge is 0.223 e. The SMILES string of the molecule is Cn1cc(C(NC(=O)CCOc2ccccc2)C2CC(O)C2)cn1. The Bertz CT molecular complexity index is 665. The average molecular weight is 329 g/mol. The normalized spacial score (nSPS) is 20.9. The largest absolute Gasteiger partial charge is 0.493 e. The van der Waals surface area contributed by atoms with Gasteiger partial charge in [-0.25, -0.2) is 0 Å². The van der Waals surface area contributed by atoms with Gasteiger partial charge in [0.25, 0.3) is 0 Å². The summed E-state index contributed by atoms with van der Waals surface area (Å²) in [5.74, 6) is 0.959. The number of ether oxygens (including phenoxy) is 1. The highest BCUT2D eigenvalue weighted by Gasteiger charge is 2.36. The number of benzene rings is 1. The maximum Gasteiger partial charge on any atom is 0.223 e. The Morgan fingerprint density at radius 1 is 1.42 bits per heavy atom. The Morgan fingerprint density at radius 2 is 2.17 bits per heavy atom. The zero-order valence-corrected chi connectivity index (χ0v) is 13.8. The fourth-order valence-corrected chi connectivity index (χ4v) is 3.00. The molecule has 1 atom stereocenters. The van der Waals surface area contributed by atoms with Crippen molar-refractivity contribution in [1.82, 2.24) is 15.1 Å². The van der Waals surface area contributed by atoms with E-state index in [1.165, 1.54) is 0 Å². The van der Waals surface area contributed by atoms with E-state index in [-0.39, 0.29) is 24.0 Å². The van der Waals surface area contributed by atoms with Crippen LogP contribution in [0.2, 0.25) is 0 Å². The van der Waals surface area contributed by atoms with Crippen LogP contribution in [-0.2, 0) is 11.8 Å².